The Morgan fingerprint density at radius 2 is 2.35 bits per heavy atom. The number of hydrogen-bond acceptors (Lipinski definition) is 3. The topological polar surface area (TPSA) is 30.5 Å². The predicted molar refractivity (Wildman–Crippen MR) is 68.7 cm³/mol. The van der Waals surface area contributed by atoms with E-state index in [1.54, 1.807) is 7.11 Å². The highest BCUT2D eigenvalue weighted by Crippen LogP contribution is 2.35. The Balaban J connectivity index is 2.29. The lowest BCUT2D eigenvalue weighted by atomic mass is 9.92. The van der Waals surface area contributed by atoms with Gasteiger partial charge in [-0.05, 0) is 25.6 Å². The van der Waals surface area contributed by atoms with Gasteiger partial charge in [0, 0.05) is 29.2 Å². The molecule has 2 unspecified atom stereocenters. The Hall–Kier alpha value is -0.770. The molecule has 1 fully saturated rings. The molecular weight excluding hydrogens is 238 g/mol. The van der Waals surface area contributed by atoms with Crippen molar-refractivity contribution in [1.29, 1.82) is 0 Å². The number of nitrogens with one attached hydrogen (secondary N) is 1. The average molecular weight is 256 g/mol. The number of benzene rings is 1. The Bertz CT molecular complexity index is 378. The standard InChI is InChI=1S/C13H18ClNO2/c1-15-13(9-5-6-17-8-9)11-4-3-10(14)7-12(11)16-2/h3-4,7,9,13,15H,5-6,8H2,1-2H3. The Morgan fingerprint density at radius 3 is 2.94 bits per heavy atom. The fraction of sp³-hybridized carbons (Fsp3) is 0.538. The van der Waals surface area contributed by atoms with E-state index in [0.717, 1.165) is 30.9 Å². The van der Waals surface area contributed by atoms with Crippen LogP contribution in [0, 0.1) is 5.92 Å². The molecule has 0 bridgehead atoms. The van der Waals surface area contributed by atoms with Gasteiger partial charge in [-0.15, -0.1) is 0 Å². The van der Waals surface area contributed by atoms with Crippen LogP contribution in [0.3, 0.4) is 0 Å². The second kappa shape index (κ2) is 5.71. The molecule has 3 nitrogen and oxygen atoms in total. The maximum Gasteiger partial charge on any atom is 0.125 e. The van der Waals surface area contributed by atoms with Crippen LogP contribution in [-0.4, -0.2) is 27.4 Å². The van der Waals surface area contributed by atoms with Crippen molar-refractivity contribution in [3.8, 4) is 5.75 Å². The summed E-state index contributed by atoms with van der Waals surface area (Å²) in [5.41, 5.74) is 1.15. The summed E-state index contributed by atoms with van der Waals surface area (Å²) < 4.78 is 10.9. The molecule has 1 saturated heterocycles. The number of ether oxygens (including phenoxy) is 2. The minimum Gasteiger partial charge on any atom is -0.496 e. The minimum absolute atomic E-state index is 0.254. The van der Waals surface area contributed by atoms with E-state index >= 15 is 0 Å². The van der Waals surface area contributed by atoms with Crippen LogP contribution in [0.1, 0.15) is 18.0 Å². The molecule has 0 saturated carbocycles. The lowest BCUT2D eigenvalue weighted by Crippen LogP contribution is -2.26. The van der Waals surface area contributed by atoms with Gasteiger partial charge in [-0.25, -0.2) is 0 Å². The molecule has 0 radical (unpaired) electrons. The molecule has 0 amide bonds. The number of methoxy groups -OCH3 is 1. The molecule has 0 aromatic heterocycles. The fourth-order valence-corrected chi connectivity index (χ4v) is 2.56. The molecule has 2 atom stereocenters. The van der Waals surface area contributed by atoms with Crippen LogP contribution < -0.4 is 10.1 Å². The van der Waals surface area contributed by atoms with E-state index in [2.05, 4.69) is 5.32 Å². The molecule has 1 aromatic rings. The Kier molecular flexibility index (Phi) is 4.26. The third kappa shape index (κ3) is 2.73. The summed E-state index contributed by atoms with van der Waals surface area (Å²) in [6.07, 6.45) is 1.08. The summed E-state index contributed by atoms with van der Waals surface area (Å²) >= 11 is 5.98. The fourth-order valence-electron chi connectivity index (χ4n) is 2.40. The van der Waals surface area contributed by atoms with Crippen LogP contribution in [0.4, 0.5) is 0 Å². The number of rotatable bonds is 4. The van der Waals surface area contributed by atoms with Crippen LogP contribution >= 0.6 is 11.6 Å². The third-order valence-electron chi connectivity index (χ3n) is 3.28. The van der Waals surface area contributed by atoms with Gasteiger partial charge in [0.05, 0.1) is 13.7 Å². The van der Waals surface area contributed by atoms with Crippen LogP contribution in [0.5, 0.6) is 5.75 Å². The SMILES string of the molecule is CNC(c1ccc(Cl)cc1OC)C1CCOC1. The first kappa shape index (κ1) is 12.7. The van der Waals surface area contributed by atoms with E-state index in [-0.39, 0.29) is 6.04 Å². The van der Waals surface area contributed by atoms with Crippen molar-refractivity contribution in [2.75, 3.05) is 27.4 Å². The second-order valence-electron chi connectivity index (χ2n) is 4.28. The molecule has 1 aliphatic rings. The molecule has 1 heterocycles. The summed E-state index contributed by atoms with van der Waals surface area (Å²) in [5.74, 6) is 1.33. The summed E-state index contributed by atoms with van der Waals surface area (Å²) in [6, 6.07) is 6.04. The van der Waals surface area contributed by atoms with Crippen molar-refractivity contribution in [1.82, 2.24) is 5.32 Å². The van der Waals surface area contributed by atoms with Gasteiger partial charge in [-0.1, -0.05) is 17.7 Å². The normalized spacial score (nSPS) is 21.5. The summed E-state index contributed by atoms with van der Waals surface area (Å²) in [4.78, 5) is 0. The lowest BCUT2D eigenvalue weighted by molar-refractivity contribution is 0.177. The van der Waals surface area contributed by atoms with Gasteiger partial charge < -0.3 is 14.8 Å². The van der Waals surface area contributed by atoms with Crippen molar-refractivity contribution >= 4 is 11.6 Å². The van der Waals surface area contributed by atoms with Crippen LogP contribution in [0.15, 0.2) is 18.2 Å². The van der Waals surface area contributed by atoms with Gasteiger partial charge in [0.15, 0.2) is 0 Å². The summed E-state index contributed by atoms with van der Waals surface area (Å²) in [7, 11) is 3.64. The van der Waals surface area contributed by atoms with E-state index in [4.69, 9.17) is 21.1 Å². The first-order valence-electron chi connectivity index (χ1n) is 5.84. The predicted octanol–water partition coefficient (Wildman–Crippen LogP) is 2.65. The van der Waals surface area contributed by atoms with Gasteiger partial charge in [-0.2, -0.15) is 0 Å². The highest BCUT2D eigenvalue weighted by molar-refractivity contribution is 6.30. The third-order valence-corrected chi connectivity index (χ3v) is 3.51. The van der Waals surface area contributed by atoms with Crippen molar-refractivity contribution in [2.24, 2.45) is 5.92 Å². The van der Waals surface area contributed by atoms with Crippen molar-refractivity contribution < 1.29 is 9.47 Å². The summed E-state index contributed by atoms with van der Waals surface area (Å²) in [5, 5.41) is 4.05. The number of halogens is 1. The highest BCUT2D eigenvalue weighted by Gasteiger charge is 2.27. The zero-order chi connectivity index (χ0) is 12.3. The number of hydrogen-bond donors (Lipinski definition) is 1. The zero-order valence-corrected chi connectivity index (χ0v) is 11.0. The van der Waals surface area contributed by atoms with E-state index in [1.807, 2.05) is 25.2 Å². The quantitative estimate of drug-likeness (QED) is 0.897. The lowest BCUT2D eigenvalue weighted by Gasteiger charge is -2.24. The average Bonchev–Trinajstić information content (AvgIpc) is 2.85. The highest BCUT2D eigenvalue weighted by atomic mass is 35.5. The van der Waals surface area contributed by atoms with Crippen molar-refractivity contribution in [3.05, 3.63) is 28.8 Å². The zero-order valence-electron chi connectivity index (χ0n) is 10.2. The van der Waals surface area contributed by atoms with Gasteiger partial charge in [0.1, 0.15) is 5.75 Å². The maximum absolute atomic E-state index is 5.98. The first-order valence-corrected chi connectivity index (χ1v) is 6.22. The molecule has 1 N–H and O–H groups in total. The molecule has 4 heteroatoms. The molecule has 1 aromatic carbocycles. The molecule has 17 heavy (non-hydrogen) atoms. The van der Waals surface area contributed by atoms with Gasteiger partial charge >= 0.3 is 0 Å². The molecule has 1 aliphatic heterocycles. The van der Waals surface area contributed by atoms with Gasteiger partial charge in [-0.3, -0.25) is 0 Å². The molecular formula is C13H18ClNO2. The van der Waals surface area contributed by atoms with E-state index in [1.165, 1.54) is 0 Å². The first-order chi connectivity index (χ1) is 8.26. The molecule has 2 rings (SSSR count). The van der Waals surface area contributed by atoms with Crippen molar-refractivity contribution in [2.45, 2.75) is 12.5 Å². The molecule has 94 valence electrons. The van der Waals surface area contributed by atoms with Gasteiger partial charge in [0.2, 0.25) is 0 Å². The smallest absolute Gasteiger partial charge is 0.125 e. The van der Waals surface area contributed by atoms with E-state index in [9.17, 15) is 0 Å². The van der Waals surface area contributed by atoms with Crippen LogP contribution in [0.2, 0.25) is 5.02 Å². The van der Waals surface area contributed by atoms with Crippen molar-refractivity contribution in [3.63, 3.8) is 0 Å². The largest absolute Gasteiger partial charge is 0.496 e. The monoisotopic (exact) mass is 255 g/mol. The molecule has 0 aliphatic carbocycles. The second-order valence-corrected chi connectivity index (χ2v) is 4.71. The Morgan fingerprint density at radius 1 is 1.53 bits per heavy atom. The van der Waals surface area contributed by atoms with Crippen LogP contribution in [0.25, 0.3) is 0 Å². The summed E-state index contributed by atoms with van der Waals surface area (Å²) in [6.45, 7) is 1.65. The van der Waals surface area contributed by atoms with Crippen LogP contribution in [-0.2, 0) is 4.74 Å². The van der Waals surface area contributed by atoms with Gasteiger partial charge in [0.25, 0.3) is 0 Å². The van der Waals surface area contributed by atoms with E-state index in [0.29, 0.717) is 10.9 Å². The molecule has 0 spiro atoms. The van der Waals surface area contributed by atoms with E-state index < -0.39 is 0 Å². The Labute approximate surface area is 107 Å². The maximum atomic E-state index is 5.98. The minimum atomic E-state index is 0.254.